The van der Waals surface area contributed by atoms with Gasteiger partial charge in [-0.05, 0) is 37.5 Å². The lowest BCUT2D eigenvalue weighted by molar-refractivity contribution is 0.213. The second-order valence-corrected chi connectivity index (χ2v) is 6.63. The number of unbranched alkanes of at least 4 members (excludes halogenated alkanes) is 1. The van der Waals surface area contributed by atoms with Crippen molar-refractivity contribution in [1.29, 1.82) is 0 Å². The average Bonchev–Trinajstić information content (AvgIpc) is 2.47. The third-order valence-electron chi connectivity index (χ3n) is 3.23. The lowest BCUT2D eigenvalue weighted by atomic mass is 10.0. The van der Waals surface area contributed by atoms with Gasteiger partial charge in [0.05, 0.1) is 0 Å². The maximum atomic E-state index is 12.1. The monoisotopic (exact) mass is 277 g/mol. The predicted octanol–water partition coefficient (Wildman–Crippen LogP) is 4.23. The summed E-state index contributed by atoms with van der Waals surface area (Å²) in [5.41, 5.74) is 0. The summed E-state index contributed by atoms with van der Waals surface area (Å²) in [5.74, 6) is 2.90. The van der Waals surface area contributed by atoms with Crippen LogP contribution in [0.4, 0.5) is 4.79 Å². The average molecular weight is 278 g/mol. The molecule has 1 aliphatic heterocycles. The van der Waals surface area contributed by atoms with E-state index in [2.05, 4.69) is 13.8 Å². The Hall–Kier alpha value is 0.110. The Morgan fingerprint density at radius 1 is 1.24 bits per heavy atom. The molecule has 1 heterocycles. The molecule has 1 amide bonds. The maximum Gasteiger partial charge on any atom is 0.281 e. The van der Waals surface area contributed by atoms with Crippen molar-refractivity contribution in [3.8, 4) is 0 Å². The first-order valence-electron chi connectivity index (χ1n) is 6.61. The molecule has 0 saturated carbocycles. The van der Waals surface area contributed by atoms with Gasteiger partial charge in [-0.15, -0.1) is 11.6 Å². The van der Waals surface area contributed by atoms with E-state index in [1.165, 1.54) is 24.6 Å². The van der Waals surface area contributed by atoms with Crippen LogP contribution in [0.5, 0.6) is 0 Å². The van der Waals surface area contributed by atoms with Gasteiger partial charge in [0.25, 0.3) is 5.24 Å². The SMILES string of the molecule is CC1CCC(C)CN(C(=O)SCCCCCl)C1. The first kappa shape index (κ1) is 15.2. The number of rotatable bonds is 4. The molecule has 0 spiro atoms. The molecule has 0 N–H and O–H groups in total. The van der Waals surface area contributed by atoms with Gasteiger partial charge in [0.2, 0.25) is 0 Å². The Labute approximate surface area is 114 Å². The Balaban J connectivity index is 2.32. The van der Waals surface area contributed by atoms with Crippen molar-refractivity contribution in [2.24, 2.45) is 11.8 Å². The molecule has 1 fully saturated rings. The Bertz CT molecular complexity index is 225. The van der Waals surface area contributed by atoms with E-state index in [1.54, 1.807) is 0 Å². The van der Waals surface area contributed by atoms with Gasteiger partial charge in [-0.1, -0.05) is 25.6 Å². The second-order valence-electron chi connectivity index (χ2n) is 5.20. The number of amides is 1. The molecule has 0 radical (unpaired) electrons. The van der Waals surface area contributed by atoms with Gasteiger partial charge in [-0.25, -0.2) is 0 Å². The van der Waals surface area contributed by atoms with Crippen LogP contribution in [0.25, 0.3) is 0 Å². The molecule has 2 nitrogen and oxygen atoms in total. The van der Waals surface area contributed by atoms with Gasteiger partial charge >= 0.3 is 0 Å². The maximum absolute atomic E-state index is 12.1. The van der Waals surface area contributed by atoms with Crippen molar-refractivity contribution in [3.63, 3.8) is 0 Å². The van der Waals surface area contributed by atoms with E-state index >= 15 is 0 Å². The van der Waals surface area contributed by atoms with E-state index in [0.717, 1.165) is 31.7 Å². The van der Waals surface area contributed by atoms with Gasteiger partial charge in [-0.3, -0.25) is 4.79 Å². The normalized spacial score (nSPS) is 25.7. The molecule has 1 saturated heterocycles. The number of likely N-dealkylation sites (tertiary alicyclic amines) is 1. The summed E-state index contributed by atoms with van der Waals surface area (Å²) in [4.78, 5) is 14.1. The number of halogens is 1. The fraction of sp³-hybridized carbons (Fsp3) is 0.923. The molecular weight excluding hydrogens is 254 g/mol. The highest BCUT2D eigenvalue weighted by Gasteiger charge is 2.22. The first-order valence-corrected chi connectivity index (χ1v) is 8.13. The van der Waals surface area contributed by atoms with Gasteiger partial charge in [0.15, 0.2) is 0 Å². The van der Waals surface area contributed by atoms with Crippen LogP contribution < -0.4 is 0 Å². The fourth-order valence-electron chi connectivity index (χ4n) is 2.17. The zero-order valence-electron chi connectivity index (χ0n) is 11.0. The molecule has 0 aliphatic carbocycles. The number of carbonyl (C=O) groups excluding carboxylic acids is 1. The summed E-state index contributed by atoms with van der Waals surface area (Å²) >= 11 is 7.09. The molecule has 0 bridgehead atoms. The third kappa shape index (κ3) is 6.01. The Morgan fingerprint density at radius 2 is 1.82 bits per heavy atom. The van der Waals surface area contributed by atoms with E-state index in [4.69, 9.17) is 11.6 Å². The predicted molar refractivity (Wildman–Crippen MR) is 76.9 cm³/mol. The van der Waals surface area contributed by atoms with E-state index in [0.29, 0.717) is 17.7 Å². The van der Waals surface area contributed by atoms with E-state index in [1.807, 2.05) is 4.90 Å². The van der Waals surface area contributed by atoms with E-state index < -0.39 is 0 Å². The van der Waals surface area contributed by atoms with Gasteiger partial charge in [0, 0.05) is 24.7 Å². The number of alkyl halides is 1. The number of thioether (sulfide) groups is 1. The topological polar surface area (TPSA) is 20.3 Å². The fourth-order valence-corrected chi connectivity index (χ4v) is 3.22. The zero-order chi connectivity index (χ0) is 12.7. The van der Waals surface area contributed by atoms with Gasteiger partial charge in [-0.2, -0.15) is 0 Å². The summed E-state index contributed by atoms with van der Waals surface area (Å²) in [6, 6.07) is 0. The molecule has 0 aromatic heterocycles. The van der Waals surface area contributed by atoms with Crippen molar-refractivity contribution in [2.45, 2.75) is 39.5 Å². The summed E-state index contributed by atoms with van der Waals surface area (Å²) in [5, 5.41) is 0.264. The van der Waals surface area contributed by atoms with Crippen LogP contribution in [0.3, 0.4) is 0 Å². The van der Waals surface area contributed by atoms with Crippen molar-refractivity contribution in [1.82, 2.24) is 4.90 Å². The van der Waals surface area contributed by atoms with E-state index in [-0.39, 0.29) is 5.24 Å². The number of carbonyl (C=O) groups is 1. The van der Waals surface area contributed by atoms with Crippen molar-refractivity contribution < 1.29 is 4.79 Å². The van der Waals surface area contributed by atoms with Crippen LogP contribution in [0, 0.1) is 11.8 Å². The minimum atomic E-state index is 0.264. The molecule has 0 aromatic rings. The molecule has 100 valence electrons. The highest BCUT2D eigenvalue weighted by atomic mass is 35.5. The minimum absolute atomic E-state index is 0.264. The lowest BCUT2D eigenvalue weighted by Crippen LogP contribution is -2.33. The highest BCUT2D eigenvalue weighted by Crippen LogP contribution is 2.23. The summed E-state index contributed by atoms with van der Waals surface area (Å²) in [6.07, 6.45) is 4.55. The van der Waals surface area contributed by atoms with Crippen molar-refractivity contribution in [3.05, 3.63) is 0 Å². The van der Waals surface area contributed by atoms with Crippen molar-refractivity contribution >= 4 is 28.6 Å². The highest BCUT2D eigenvalue weighted by molar-refractivity contribution is 8.13. The first-order chi connectivity index (χ1) is 8.13. The summed E-state index contributed by atoms with van der Waals surface area (Å²) in [7, 11) is 0. The third-order valence-corrected chi connectivity index (χ3v) is 4.49. The second kappa shape index (κ2) is 8.25. The standard InChI is InChI=1S/C13H24ClNOS/c1-11-5-6-12(2)10-15(9-11)13(16)17-8-4-3-7-14/h11-12H,3-10H2,1-2H3. The van der Waals surface area contributed by atoms with E-state index in [9.17, 15) is 4.79 Å². The Kier molecular flexibility index (Phi) is 7.36. The number of hydrogen-bond acceptors (Lipinski definition) is 2. The Morgan fingerprint density at radius 3 is 2.35 bits per heavy atom. The van der Waals surface area contributed by atoms with Crippen LogP contribution in [-0.4, -0.2) is 34.9 Å². The van der Waals surface area contributed by atoms with Crippen LogP contribution >= 0.6 is 23.4 Å². The zero-order valence-corrected chi connectivity index (χ0v) is 12.5. The van der Waals surface area contributed by atoms with Crippen molar-refractivity contribution in [2.75, 3.05) is 24.7 Å². The van der Waals surface area contributed by atoms with Crippen LogP contribution in [0.15, 0.2) is 0 Å². The molecule has 1 rings (SSSR count). The van der Waals surface area contributed by atoms with Crippen LogP contribution in [0.2, 0.25) is 0 Å². The van der Waals surface area contributed by atoms with Gasteiger partial charge < -0.3 is 4.90 Å². The quantitative estimate of drug-likeness (QED) is 0.566. The van der Waals surface area contributed by atoms with Gasteiger partial charge in [0.1, 0.15) is 0 Å². The molecule has 0 aromatic carbocycles. The molecular formula is C13H24ClNOS. The van der Waals surface area contributed by atoms with Crippen LogP contribution in [-0.2, 0) is 0 Å². The summed E-state index contributed by atoms with van der Waals surface area (Å²) in [6.45, 7) is 6.37. The smallest absolute Gasteiger partial charge is 0.281 e. The lowest BCUT2D eigenvalue weighted by Gasteiger charge is -2.23. The largest absolute Gasteiger partial charge is 0.333 e. The van der Waals surface area contributed by atoms with Crippen LogP contribution in [0.1, 0.15) is 39.5 Å². The molecule has 17 heavy (non-hydrogen) atoms. The molecule has 2 atom stereocenters. The summed E-state index contributed by atoms with van der Waals surface area (Å²) < 4.78 is 0. The number of hydrogen-bond donors (Lipinski definition) is 0. The molecule has 1 aliphatic rings. The molecule has 2 unspecified atom stereocenters. The number of nitrogens with zero attached hydrogens (tertiary/aromatic N) is 1. The minimum Gasteiger partial charge on any atom is -0.333 e. The molecule has 4 heteroatoms.